The molecule has 4 amide bonds. The third kappa shape index (κ3) is 11.3. The fourth-order valence-electron chi connectivity index (χ4n) is 4.31. The van der Waals surface area contributed by atoms with Gasteiger partial charge in [0, 0.05) is 18.7 Å². The number of rotatable bonds is 24. The minimum atomic E-state index is -1.00. The fourth-order valence-corrected chi connectivity index (χ4v) is 4.31. The van der Waals surface area contributed by atoms with Crippen LogP contribution in [0.15, 0.2) is 31.0 Å². The van der Waals surface area contributed by atoms with Crippen molar-refractivity contribution in [2.24, 2.45) is 0 Å². The van der Waals surface area contributed by atoms with Crippen LogP contribution in [-0.2, 0) is 42.7 Å². The predicted molar refractivity (Wildman–Crippen MR) is 153 cm³/mol. The van der Waals surface area contributed by atoms with Crippen molar-refractivity contribution in [1.82, 2.24) is 10.2 Å². The highest BCUT2D eigenvalue weighted by atomic mass is 16.6. The minimum absolute atomic E-state index is 0.0701. The van der Waals surface area contributed by atoms with Gasteiger partial charge in [0.15, 0.2) is 0 Å². The van der Waals surface area contributed by atoms with Crippen LogP contribution in [-0.4, -0.2) is 127 Å². The Labute approximate surface area is 250 Å². The maximum absolute atomic E-state index is 13.1. The lowest BCUT2D eigenvalue weighted by Gasteiger charge is -2.27. The highest BCUT2D eigenvalue weighted by molar-refractivity contribution is 6.25. The first kappa shape index (κ1) is 34.1. The number of piperidine rings is 1. The Hall–Kier alpha value is -3.40. The zero-order chi connectivity index (χ0) is 30.7. The van der Waals surface area contributed by atoms with E-state index in [2.05, 4.69) is 17.2 Å². The van der Waals surface area contributed by atoms with E-state index in [0.717, 1.165) is 4.90 Å². The van der Waals surface area contributed by atoms with Gasteiger partial charge >= 0.3 is 0 Å². The van der Waals surface area contributed by atoms with Crippen molar-refractivity contribution in [2.45, 2.75) is 18.9 Å². The summed E-state index contributed by atoms with van der Waals surface area (Å²) in [7, 11) is 0. The second-order valence-electron chi connectivity index (χ2n) is 9.31. The van der Waals surface area contributed by atoms with Gasteiger partial charge in [-0.05, 0) is 18.6 Å². The summed E-state index contributed by atoms with van der Waals surface area (Å²) in [4.78, 5) is 50.7. The van der Waals surface area contributed by atoms with E-state index in [1.165, 1.54) is 6.26 Å². The zero-order valence-corrected chi connectivity index (χ0v) is 24.3. The number of hydrogen-bond donors (Lipinski definition) is 2. The molecule has 238 valence electrons. The van der Waals surface area contributed by atoms with Crippen LogP contribution in [0.4, 0.5) is 5.69 Å². The number of benzene rings is 1. The molecule has 0 saturated carbocycles. The Balaban J connectivity index is 1.16. The quantitative estimate of drug-likeness (QED) is 0.0966. The summed E-state index contributed by atoms with van der Waals surface area (Å²) in [5.74, 6) is -2.16. The van der Waals surface area contributed by atoms with E-state index < -0.39 is 29.7 Å². The Morgan fingerprint density at radius 1 is 0.767 bits per heavy atom. The number of ether oxygens (including phenoxy) is 7. The molecule has 43 heavy (non-hydrogen) atoms. The molecule has 0 aliphatic carbocycles. The lowest BCUT2D eigenvalue weighted by atomic mass is 10.0. The molecule has 14 nitrogen and oxygen atoms in total. The predicted octanol–water partition coefficient (Wildman–Crippen LogP) is 0.759. The normalized spacial score (nSPS) is 16.4. The highest BCUT2D eigenvalue weighted by Gasteiger charge is 2.45. The first-order valence-electron chi connectivity index (χ1n) is 14.3. The Morgan fingerprint density at radius 3 is 1.84 bits per heavy atom. The lowest BCUT2D eigenvalue weighted by molar-refractivity contribution is -0.136. The number of amides is 4. The number of carbonyl (C=O) groups is 4. The van der Waals surface area contributed by atoms with E-state index in [1.54, 1.807) is 18.2 Å². The molecule has 1 saturated heterocycles. The Kier molecular flexibility index (Phi) is 15.6. The molecule has 2 aliphatic heterocycles. The van der Waals surface area contributed by atoms with Gasteiger partial charge in [-0.2, -0.15) is 0 Å². The van der Waals surface area contributed by atoms with Crippen LogP contribution in [0.2, 0.25) is 0 Å². The second-order valence-corrected chi connectivity index (χ2v) is 9.31. The molecule has 1 fully saturated rings. The summed E-state index contributed by atoms with van der Waals surface area (Å²) < 4.78 is 37.6. The summed E-state index contributed by atoms with van der Waals surface area (Å²) in [6.45, 7) is 9.71. The first-order chi connectivity index (χ1) is 21.0. The van der Waals surface area contributed by atoms with Crippen LogP contribution in [0, 0.1) is 0 Å². The number of fused-ring (bicyclic) bond motifs is 1. The summed E-state index contributed by atoms with van der Waals surface area (Å²) >= 11 is 0. The van der Waals surface area contributed by atoms with Crippen molar-refractivity contribution < 1.29 is 52.3 Å². The number of carbonyl (C=O) groups excluding carboxylic acids is 4. The molecule has 3 rings (SSSR count). The molecule has 1 aromatic rings. The standard InChI is InChI=1S/C29H41N3O11/c1-2-37-10-11-39-14-15-41-18-19-43-21-20-42-17-16-40-13-12-38-9-8-30-23-5-3-4-22-26(23)29(36)32(28(22)35)24-6-7-25(33)31-27(24)34/h2-5,24,30H,1,6-21H2,(H,31,33,34). The molecule has 14 heteroatoms. The molecule has 2 heterocycles. The Morgan fingerprint density at radius 2 is 1.30 bits per heavy atom. The van der Waals surface area contributed by atoms with Crippen LogP contribution in [0.5, 0.6) is 0 Å². The molecule has 0 radical (unpaired) electrons. The summed E-state index contributed by atoms with van der Waals surface area (Å²) in [6.07, 6.45) is 1.56. The van der Waals surface area contributed by atoms with Crippen molar-refractivity contribution in [3.63, 3.8) is 0 Å². The van der Waals surface area contributed by atoms with Crippen LogP contribution >= 0.6 is 0 Å². The van der Waals surface area contributed by atoms with Gasteiger partial charge < -0.3 is 38.5 Å². The first-order valence-corrected chi connectivity index (χ1v) is 14.3. The average Bonchev–Trinajstić information content (AvgIpc) is 3.25. The molecule has 0 spiro atoms. The molecule has 2 N–H and O–H groups in total. The van der Waals surface area contributed by atoms with Gasteiger partial charge in [-0.3, -0.25) is 29.4 Å². The number of imide groups is 2. The summed E-state index contributed by atoms with van der Waals surface area (Å²) in [5, 5.41) is 5.32. The van der Waals surface area contributed by atoms with Gasteiger partial charge in [0.1, 0.15) is 12.6 Å². The third-order valence-electron chi connectivity index (χ3n) is 6.35. The maximum Gasteiger partial charge on any atom is 0.264 e. The average molecular weight is 608 g/mol. The molecule has 1 aromatic carbocycles. The SMILES string of the molecule is C=COCCOCCOCCOCCOCCOCCOCCNc1cccc2c1C(=O)N(C1CCC(=O)NC1=O)C2=O. The number of hydrogen-bond acceptors (Lipinski definition) is 12. The smallest absolute Gasteiger partial charge is 0.264 e. The van der Waals surface area contributed by atoms with Crippen molar-refractivity contribution in [2.75, 3.05) is 97.8 Å². The molecule has 0 bridgehead atoms. The largest absolute Gasteiger partial charge is 0.499 e. The molecular weight excluding hydrogens is 566 g/mol. The van der Waals surface area contributed by atoms with Crippen molar-refractivity contribution in [3.8, 4) is 0 Å². The van der Waals surface area contributed by atoms with Gasteiger partial charge in [0.25, 0.3) is 11.8 Å². The van der Waals surface area contributed by atoms with Crippen molar-refractivity contribution in [3.05, 3.63) is 42.2 Å². The highest BCUT2D eigenvalue weighted by Crippen LogP contribution is 2.32. The third-order valence-corrected chi connectivity index (χ3v) is 6.35. The van der Waals surface area contributed by atoms with Crippen LogP contribution in [0.25, 0.3) is 0 Å². The summed E-state index contributed by atoms with van der Waals surface area (Å²) in [5.41, 5.74) is 0.919. The monoisotopic (exact) mass is 607 g/mol. The van der Waals surface area contributed by atoms with E-state index in [9.17, 15) is 19.2 Å². The molecular formula is C29H41N3O11. The van der Waals surface area contributed by atoms with Gasteiger partial charge in [0.2, 0.25) is 11.8 Å². The molecule has 0 aromatic heterocycles. The number of nitrogens with one attached hydrogen (secondary N) is 2. The van der Waals surface area contributed by atoms with Crippen molar-refractivity contribution in [1.29, 1.82) is 0 Å². The van der Waals surface area contributed by atoms with Crippen LogP contribution in [0.1, 0.15) is 33.6 Å². The Bertz CT molecular complexity index is 1070. The minimum Gasteiger partial charge on any atom is -0.499 e. The number of anilines is 1. The molecule has 1 atom stereocenters. The van der Waals surface area contributed by atoms with E-state index >= 15 is 0 Å². The molecule has 2 aliphatic rings. The van der Waals surface area contributed by atoms with Gasteiger partial charge in [0.05, 0.1) is 96.7 Å². The maximum atomic E-state index is 13.1. The van der Waals surface area contributed by atoms with Crippen LogP contribution in [0.3, 0.4) is 0 Å². The second kappa shape index (κ2) is 19.7. The van der Waals surface area contributed by atoms with E-state index in [1.807, 2.05) is 0 Å². The van der Waals surface area contributed by atoms with E-state index in [0.29, 0.717) is 98.1 Å². The lowest BCUT2D eigenvalue weighted by Crippen LogP contribution is -2.54. The van der Waals surface area contributed by atoms with E-state index in [4.69, 9.17) is 33.2 Å². The molecule has 1 unspecified atom stereocenters. The van der Waals surface area contributed by atoms with Crippen LogP contribution < -0.4 is 10.6 Å². The van der Waals surface area contributed by atoms with Gasteiger partial charge in [-0.25, -0.2) is 0 Å². The van der Waals surface area contributed by atoms with E-state index in [-0.39, 0.29) is 24.0 Å². The number of nitrogens with zero attached hydrogens (tertiary/aromatic N) is 1. The van der Waals surface area contributed by atoms with Gasteiger partial charge in [-0.1, -0.05) is 12.6 Å². The topological polar surface area (TPSA) is 160 Å². The van der Waals surface area contributed by atoms with Gasteiger partial charge in [-0.15, -0.1) is 0 Å². The zero-order valence-electron chi connectivity index (χ0n) is 24.3. The van der Waals surface area contributed by atoms with Crippen molar-refractivity contribution >= 4 is 29.3 Å². The summed E-state index contributed by atoms with van der Waals surface area (Å²) in [6, 6.07) is 3.91. The fraction of sp³-hybridized carbons (Fsp3) is 0.586.